The summed E-state index contributed by atoms with van der Waals surface area (Å²) < 4.78 is 0. The van der Waals surface area contributed by atoms with Crippen molar-refractivity contribution in [1.29, 1.82) is 0 Å². The van der Waals surface area contributed by atoms with Crippen molar-refractivity contribution in [3.8, 4) is 0 Å². The van der Waals surface area contributed by atoms with Crippen LogP contribution < -0.4 is 5.32 Å². The normalized spacial score (nSPS) is 15.8. The Kier molecular flexibility index (Phi) is 8.60. The molecule has 0 spiro atoms. The van der Waals surface area contributed by atoms with Crippen LogP contribution in [0.4, 0.5) is 0 Å². The van der Waals surface area contributed by atoms with Gasteiger partial charge >= 0.3 is 0 Å². The van der Waals surface area contributed by atoms with E-state index in [4.69, 9.17) is 0 Å². The van der Waals surface area contributed by atoms with E-state index in [2.05, 4.69) is 63.3 Å². The molecule has 0 saturated carbocycles. The highest BCUT2D eigenvalue weighted by Crippen LogP contribution is 2.30. The van der Waals surface area contributed by atoms with Crippen LogP contribution in [-0.4, -0.2) is 6.54 Å². The molecule has 20 heavy (non-hydrogen) atoms. The van der Waals surface area contributed by atoms with Gasteiger partial charge in [0, 0.05) is 6.04 Å². The molecular formula is C19H33N. The zero-order valence-electron chi connectivity index (χ0n) is 13.9. The van der Waals surface area contributed by atoms with Crippen molar-refractivity contribution < 1.29 is 0 Å². The molecule has 3 atom stereocenters. The van der Waals surface area contributed by atoms with Crippen molar-refractivity contribution >= 4 is 0 Å². The molecule has 1 N–H and O–H groups in total. The van der Waals surface area contributed by atoms with Crippen LogP contribution in [0.25, 0.3) is 0 Å². The minimum Gasteiger partial charge on any atom is -0.310 e. The molecule has 114 valence electrons. The highest BCUT2D eigenvalue weighted by molar-refractivity contribution is 5.19. The Hall–Kier alpha value is -0.820. The SMILES string of the molecule is CCCCC(CC)CC(C)C(NCC)c1ccccc1. The summed E-state index contributed by atoms with van der Waals surface area (Å²) in [5, 5.41) is 3.68. The molecule has 0 aliphatic rings. The summed E-state index contributed by atoms with van der Waals surface area (Å²) in [5.41, 5.74) is 1.44. The Morgan fingerprint density at radius 2 is 1.75 bits per heavy atom. The number of nitrogens with one attached hydrogen (secondary N) is 1. The molecular weight excluding hydrogens is 242 g/mol. The third-order valence-electron chi connectivity index (χ3n) is 4.40. The molecule has 0 aliphatic carbocycles. The fourth-order valence-electron chi connectivity index (χ4n) is 3.17. The van der Waals surface area contributed by atoms with Crippen LogP contribution in [0.5, 0.6) is 0 Å². The van der Waals surface area contributed by atoms with Crippen LogP contribution in [-0.2, 0) is 0 Å². The van der Waals surface area contributed by atoms with Crippen molar-refractivity contribution in [2.24, 2.45) is 11.8 Å². The molecule has 3 unspecified atom stereocenters. The lowest BCUT2D eigenvalue weighted by atomic mass is 9.83. The maximum atomic E-state index is 3.68. The third-order valence-corrected chi connectivity index (χ3v) is 4.40. The van der Waals surface area contributed by atoms with E-state index in [1.54, 1.807) is 0 Å². The van der Waals surface area contributed by atoms with Gasteiger partial charge in [0.15, 0.2) is 0 Å². The smallest absolute Gasteiger partial charge is 0.0346 e. The predicted octanol–water partition coefficient (Wildman–Crippen LogP) is 5.58. The number of benzene rings is 1. The first-order valence-corrected chi connectivity index (χ1v) is 8.51. The van der Waals surface area contributed by atoms with Gasteiger partial charge in [0.1, 0.15) is 0 Å². The second-order valence-electron chi connectivity index (χ2n) is 6.08. The van der Waals surface area contributed by atoms with Gasteiger partial charge < -0.3 is 5.32 Å². The van der Waals surface area contributed by atoms with Gasteiger partial charge in [-0.1, -0.05) is 83.7 Å². The van der Waals surface area contributed by atoms with Crippen molar-refractivity contribution in [2.45, 2.75) is 65.8 Å². The van der Waals surface area contributed by atoms with Gasteiger partial charge in [0.05, 0.1) is 0 Å². The fourth-order valence-corrected chi connectivity index (χ4v) is 3.17. The van der Waals surface area contributed by atoms with E-state index in [1.165, 1.54) is 37.7 Å². The predicted molar refractivity (Wildman–Crippen MR) is 89.9 cm³/mol. The lowest BCUT2D eigenvalue weighted by Crippen LogP contribution is -2.28. The summed E-state index contributed by atoms with van der Waals surface area (Å²) in [6.07, 6.45) is 6.74. The summed E-state index contributed by atoms with van der Waals surface area (Å²) in [4.78, 5) is 0. The molecule has 0 heterocycles. The molecule has 1 aromatic carbocycles. The number of hydrogen-bond donors (Lipinski definition) is 1. The Bertz CT molecular complexity index is 333. The van der Waals surface area contributed by atoms with Crippen LogP contribution in [0.1, 0.15) is 71.4 Å². The third kappa shape index (κ3) is 5.66. The molecule has 1 nitrogen and oxygen atoms in total. The first-order chi connectivity index (χ1) is 9.72. The number of rotatable bonds is 10. The second kappa shape index (κ2) is 9.99. The maximum absolute atomic E-state index is 3.68. The zero-order chi connectivity index (χ0) is 14.8. The van der Waals surface area contributed by atoms with Gasteiger partial charge in [-0.15, -0.1) is 0 Å². The van der Waals surface area contributed by atoms with Crippen molar-refractivity contribution in [1.82, 2.24) is 5.32 Å². The average Bonchev–Trinajstić information content (AvgIpc) is 2.49. The monoisotopic (exact) mass is 275 g/mol. The first kappa shape index (κ1) is 17.2. The molecule has 0 bridgehead atoms. The Balaban J connectivity index is 2.66. The van der Waals surface area contributed by atoms with Gasteiger partial charge in [0.25, 0.3) is 0 Å². The lowest BCUT2D eigenvalue weighted by molar-refractivity contribution is 0.292. The minimum atomic E-state index is 0.497. The summed E-state index contributed by atoms with van der Waals surface area (Å²) in [5.74, 6) is 1.58. The Morgan fingerprint density at radius 3 is 2.30 bits per heavy atom. The molecule has 0 radical (unpaired) electrons. The molecule has 0 aliphatic heterocycles. The van der Waals surface area contributed by atoms with Crippen molar-refractivity contribution in [3.63, 3.8) is 0 Å². The topological polar surface area (TPSA) is 12.0 Å². The second-order valence-corrected chi connectivity index (χ2v) is 6.08. The number of hydrogen-bond acceptors (Lipinski definition) is 1. The Labute approximate surface area is 126 Å². The first-order valence-electron chi connectivity index (χ1n) is 8.51. The average molecular weight is 275 g/mol. The summed E-state index contributed by atoms with van der Waals surface area (Å²) in [6.45, 7) is 10.3. The fraction of sp³-hybridized carbons (Fsp3) is 0.684. The molecule has 1 rings (SSSR count). The maximum Gasteiger partial charge on any atom is 0.0346 e. The lowest BCUT2D eigenvalue weighted by Gasteiger charge is -2.28. The van der Waals surface area contributed by atoms with Gasteiger partial charge in [-0.2, -0.15) is 0 Å². The van der Waals surface area contributed by atoms with E-state index in [0.29, 0.717) is 12.0 Å². The van der Waals surface area contributed by atoms with E-state index in [0.717, 1.165) is 12.5 Å². The largest absolute Gasteiger partial charge is 0.310 e. The molecule has 0 aromatic heterocycles. The number of unbranched alkanes of at least 4 members (excludes halogenated alkanes) is 1. The minimum absolute atomic E-state index is 0.497. The molecule has 0 fully saturated rings. The van der Waals surface area contributed by atoms with Gasteiger partial charge in [-0.25, -0.2) is 0 Å². The molecule has 1 aromatic rings. The van der Waals surface area contributed by atoms with E-state index < -0.39 is 0 Å². The quantitative estimate of drug-likeness (QED) is 0.588. The van der Waals surface area contributed by atoms with Crippen LogP contribution >= 0.6 is 0 Å². The van der Waals surface area contributed by atoms with Crippen LogP contribution in [0.3, 0.4) is 0 Å². The van der Waals surface area contributed by atoms with Gasteiger partial charge in [-0.05, 0) is 30.4 Å². The molecule has 0 amide bonds. The van der Waals surface area contributed by atoms with Crippen LogP contribution in [0, 0.1) is 11.8 Å². The zero-order valence-corrected chi connectivity index (χ0v) is 13.9. The van der Waals surface area contributed by atoms with E-state index in [-0.39, 0.29) is 0 Å². The van der Waals surface area contributed by atoms with Crippen LogP contribution in [0.15, 0.2) is 30.3 Å². The van der Waals surface area contributed by atoms with E-state index >= 15 is 0 Å². The Morgan fingerprint density at radius 1 is 1.05 bits per heavy atom. The highest BCUT2D eigenvalue weighted by Gasteiger charge is 2.21. The summed E-state index contributed by atoms with van der Waals surface area (Å²) in [6, 6.07) is 11.4. The van der Waals surface area contributed by atoms with Crippen molar-refractivity contribution in [2.75, 3.05) is 6.54 Å². The van der Waals surface area contributed by atoms with Crippen LogP contribution in [0.2, 0.25) is 0 Å². The summed E-state index contributed by atoms with van der Waals surface area (Å²) >= 11 is 0. The van der Waals surface area contributed by atoms with Gasteiger partial charge in [0.2, 0.25) is 0 Å². The highest BCUT2D eigenvalue weighted by atomic mass is 14.9. The molecule has 0 saturated heterocycles. The van der Waals surface area contributed by atoms with E-state index in [1.807, 2.05) is 0 Å². The van der Waals surface area contributed by atoms with E-state index in [9.17, 15) is 0 Å². The standard InChI is InChI=1S/C19H33N/c1-5-8-12-17(6-2)15-16(4)19(20-7-3)18-13-10-9-11-14-18/h9-11,13-14,16-17,19-20H,5-8,12,15H2,1-4H3. The summed E-state index contributed by atoms with van der Waals surface area (Å²) in [7, 11) is 0. The molecule has 1 heteroatoms. The van der Waals surface area contributed by atoms with Crippen molar-refractivity contribution in [3.05, 3.63) is 35.9 Å². The van der Waals surface area contributed by atoms with Gasteiger partial charge in [-0.3, -0.25) is 0 Å².